The highest BCUT2D eigenvalue weighted by Gasteiger charge is 2.48. The number of nitrogens with zero attached hydrogens (tertiary/aromatic N) is 1. The van der Waals surface area contributed by atoms with Gasteiger partial charge in [-0.25, -0.2) is 0 Å². The lowest BCUT2D eigenvalue weighted by atomic mass is 9.65. The number of hydrogen-bond donors (Lipinski definition) is 1. The number of nitrogens with one attached hydrogen (secondary N) is 1. The van der Waals surface area contributed by atoms with E-state index >= 15 is 0 Å². The third kappa shape index (κ3) is 1.45. The maximum absolute atomic E-state index is 4.48. The highest BCUT2D eigenvalue weighted by molar-refractivity contribution is 5.83. The van der Waals surface area contributed by atoms with Crippen LogP contribution in [-0.4, -0.2) is 18.9 Å². The molecule has 3 aliphatic rings. The van der Waals surface area contributed by atoms with E-state index in [2.05, 4.69) is 10.3 Å². The molecule has 2 saturated carbocycles. The zero-order valence-corrected chi connectivity index (χ0v) is 8.89. The first-order valence-electron chi connectivity index (χ1n) is 6.16. The summed E-state index contributed by atoms with van der Waals surface area (Å²) in [4.78, 5) is 4.48. The van der Waals surface area contributed by atoms with Crippen LogP contribution >= 0.6 is 0 Å². The third-order valence-corrected chi connectivity index (χ3v) is 4.31. The summed E-state index contributed by atoms with van der Waals surface area (Å²) in [6.07, 6.45) is 9.85. The first kappa shape index (κ1) is 8.75. The molecule has 1 N–H and O–H groups in total. The van der Waals surface area contributed by atoms with Gasteiger partial charge in [0.2, 0.25) is 0 Å². The molecule has 0 radical (unpaired) electrons. The molecule has 1 aliphatic heterocycles. The average molecular weight is 192 g/mol. The Morgan fingerprint density at radius 1 is 1.29 bits per heavy atom. The molecule has 14 heavy (non-hydrogen) atoms. The van der Waals surface area contributed by atoms with E-state index in [4.69, 9.17) is 0 Å². The maximum Gasteiger partial charge on any atom is 0.0963 e. The fourth-order valence-corrected chi connectivity index (χ4v) is 3.02. The molecule has 3 rings (SSSR count). The summed E-state index contributed by atoms with van der Waals surface area (Å²) in [5.74, 6) is 2.35. The standard InChI is InChI=1S/C12H20N2/c1-3-11(13-8-1)14-9-12(6-2-7-12)10-4-5-10/h10H,1-9H2,(H,13,14). The van der Waals surface area contributed by atoms with Crippen molar-refractivity contribution in [3.63, 3.8) is 0 Å². The Kier molecular flexibility index (Phi) is 2.03. The molecule has 0 spiro atoms. The van der Waals surface area contributed by atoms with E-state index in [1.54, 1.807) is 0 Å². The summed E-state index contributed by atoms with van der Waals surface area (Å²) in [5.41, 5.74) is 0.700. The van der Waals surface area contributed by atoms with Gasteiger partial charge < -0.3 is 5.32 Å². The highest BCUT2D eigenvalue weighted by atomic mass is 15.0. The lowest BCUT2D eigenvalue weighted by Gasteiger charge is -2.43. The van der Waals surface area contributed by atoms with E-state index < -0.39 is 0 Å². The minimum atomic E-state index is 0.700. The van der Waals surface area contributed by atoms with E-state index in [9.17, 15) is 0 Å². The van der Waals surface area contributed by atoms with Crippen LogP contribution in [0.5, 0.6) is 0 Å². The van der Waals surface area contributed by atoms with Crippen LogP contribution < -0.4 is 5.32 Å². The highest BCUT2D eigenvalue weighted by Crippen LogP contribution is 2.56. The molecule has 0 aromatic heterocycles. The van der Waals surface area contributed by atoms with Crippen molar-refractivity contribution in [2.45, 2.75) is 44.9 Å². The molecule has 78 valence electrons. The van der Waals surface area contributed by atoms with Gasteiger partial charge in [-0.3, -0.25) is 4.99 Å². The fourth-order valence-electron chi connectivity index (χ4n) is 3.02. The molecular formula is C12H20N2. The summed E-state index contributed by atoms with van der Waals surface area (Å²) in [7, 11) is 0. The van der Waals surface area contributed by atoms with Crippen molar-refractivity contribution in [2.24, 2.45) is 16.3 Å². The van der Waals surface area contributed by atoms with E-state index in [-0.39, 0.29) is 0 Å². The van der Waals surface area contributed by atoms with Gasteiger partial charge >= 0.3 is 0 Å². The number of amidine groups is 1. The van der Waals surface area contributed by atoms with Gasteiger partial charge in [-0.1, -0.05) is 6.42 Å². The molecular weight excluding hydrogens is 172 g/mol. The van der Waals surface area contributed by atoms with E-state index in [1.165, 1.54) is 57.3 Å². The van der Waals surface area contributed by atoms with Gasteiger partial charge in [-0.15, -0.1) is 0 Å². The molecule has 0 atom stereocenters. The van der Waals surface area contributed by atoms with Crippen LogP contribution in [0.3, 0.4) is 0 Å². The second-order valence-corrected chi connectivity index (χ2v) is 5.28. The molecule has 2 fully saturated rings. The van der Waals surface area contributed by atoms with Crippen LogP contribution in [0, 0.1) is 11.3 Å². The molecule has 0 aromatic carbocycles. The van der Waals surface area contributed by atoms with Crippen molar-refractivity contribution in [1.82, 2.24) is 5.32 Å². The molecule has 0 bridgehead atoms. The molecule has 1 heterocycles. The average Bonchev–Trinajstić information content (AvgIpc) is 2.81. The Morgan fingerprint density at radius 2 is 2.14 bits per heavy atom. The smallest absolute Gasteiger partial charge is 0.0963 e. The van der Waals surface area contributed by atoms with Gasteiger partial charge in [0.15, 0.2) is 0 Å². The number of hydrogen-bond acceptors (Lipinski definition) is 2. The minimum absolute atomic E-state index is 0.700. The van der Waals surface area contributed by atoms with Crippen LogP contribution in [0.4, 0.5) is 0 Å². The van der Waals surface area contributed by atoms with E-state index in [0.717, 1.165) is 12.5 Å². The monoisotopic (exact) mass is 192 g/mol. The fraction of sp³-hybridized carbons (Fsp3) is 0.917. The van der Waals surface area contributed by atoms with Gasteiger partial charge in [-0.2, -0.15) is 0 Å². The molecule has 0 unspecified atom stereocenters. The van der Waals surface area contributed by atoms with Crippen molar-refractivity contribution in [3.05, 3.63) is 0 Å². The molecule has 0 saturated heterocycles. The topological polar surface area (TPSA) is 24.4 Å². The Balaban J connectivity index is 1.54. The zero-order chi connectivity index (χ0) is 9.43. The first-order valence-corrected chi connectivity index (χ1v) is 6.16. The van der Waals surface area contributed by atoms with Crippen LogP contribution in [0.15, 0.2) is 4.99 Å². The van der Waals surface area contributed by atoms with Crippen LogP contribution in [0.2, 0.25) is 0 Å². The van der Waals surface area contributed by atoms with E-state index in [1.807, 2.05) is 0 Å². The van der Waals surface area contributed by atoms with Gasteiger partial charge in [0, 0.05) is 19.5 Å². The summed E-state index contributed by atoms with van der Waals surface area (Å²) >= 11 is 0. The normalized spacial score (nSPS) is 29.6. The van der Waals surface area contributed by atoms with Gasteiger partial charge in [0.25, 0.3) is 0 Å². The Labute approximate surface area is 86.2 Å². The van der Waals surface area contributed by atoms with Crippen molar-refractivity contribution < 1.29 is 0 Å². The van der Waals surface area contributed by atoms with Crippen molar-refractivity contribution >= 4 is 5.84 Å². The summed E-state index contributed by atoms with van der Waals surface area (Å²) in [5, 5.41) is 3.60. The van der Waals surface area contributed by atoms with Crippen LogP contribution in [-0.2, 0) is 0 Å². The predicted octanol–water partition coefficient (Wildman–Crippen LogP) is 2.35. The number of aliphatic imine (C=N–C) groups is 1. The largest absolute Gasteiger partial charge is 0.373 e. The molecule has 2 nitrogen and oxygen atoms in total. The molecule has 0 amide bonds. The van der Waals surface area contributed by atoms with Gasteiger partial charge in [-0.05, 0) is 43.4 Å². The second kappa shape index (κ2) is 3.25. The molecule has 2 heteroatoms. The van der Waals surface area contributed by atoms with Crippen molar-refractivity contribution in [1.29, 1.82) is 0 Å². The summed E-state index contributed by atoms with van der Waals surface area (Å²) in [6.45, 7) is 2.27. The first-order chi connectivity index (χ1) is 6.89. The van der Waals surface area contributed by atoms with Crippen LogP contribution in [0.1, 0.15) is 44.9 Å². The maximum atomic E-state index is 4.48. The van der Waals surface area contributed by atoms with Crippen molar-refractivity contribution in [2.75, 3.05) is 13.1 Å². The van der Waals surface area contributed by atoms with Crippen molar-refractivity contribution in [3.8, 4) is 0 Å². The lowest BCUT2D eigenvalue weighted by molar-refractivity contribution is 0.106. The Bertz CT molecular complexity index is 249. The van der Waals surface area contributed by atoms with Gasteiger partial charge in [0.1, 0.15) is 0 Å². The predicted molar refractivity (Wildman–Crippen MR) is 58.5 cm³/mol. The summed E-state index contributed by atoms with van der Waals surface area (Å²) in [6, 6.07) is 0. The minimum Gasteiger partial charge on any atom is -0.373 e. The second-order valence-electron chi connectivity index (χ2n) is 5.28. The summed E-state index contributed by atoms with van der Waals surface area (Å²) < 4.78 is 0. The molecule has 0 aromatic rings. The third-order valence-electron chi connectivity index (χ3n) is 4.31. The number of rotatable bonds is 3. The van der Waals surface area contributed by atoms with Gasteiger partial charge in [0.05, 0.1) is 5.84 Å². The Hall–Kier alpha value is -0.530. The quantitative estimate of drug-likeness (QED) is 0.729. The molecule has 2 aliphatic carbocycles. The van der Waals surface area contributed by atoms with E-state index in [0.29, 0.717) is 5.41 Å². The zero-order valence-electron chi connectivity index (χ0n) is 8.89. The van der Waals surface area contributed by atoms with Crippen LogP contribution in [0.25, 0.3) is 0 Å². The lowest BCUT2D eigenvalue weighted by Crippen LogP contribution is -2.43. The Morgan fingerprint density at radius 3 is 2.64 bits per heavy atom. The SMILES string of the molecule is C1CN=C(NCC2(C3CC3)CCC2)C1.